The molecule has 7 nitrogen and oxygen atoms in total. The second-order valence-corrected chi connectivity index (χ2v) is 7.15. The van der Waals surface area contributed by atoms with Gasteiger partial charge in [0.1, 0.15) is 18.0 Å². The first-order valence-electron chi connectivity index (χ1n) is 7.39. The quantitative estimate of drug-likeness (QED) is 0.813. The molecule has 1 N–H and O–H groups in total. The summed E-state index contributed by atoms with van der Waals surface area (Å²) >= 11 is 0. The van der Waals surface area contributed by atoms with Crippen molar-refractivity contribution in [3.63, 3.8) is 0 Å². The molecule has 0 fully saturated rings. The summed E-state index contributed by atoms with van der Waals surface area (Å²) in [6.45, 7) is -0.349. The normalized spacial score (nSPS) is 10.8. The molecule has 2 aromatic carbocycles. The van der Waals surface area contributed by atoms with E-state index < -0.39 is 15.9 Å². The number of anilines is 2. The number of amides is 1. The van der Waals surface area contributed by atoms with Crippen LogP contribution in [-0.4, -0.2) is 41.3 Å². The summed E-state index contributed by atoms with van der Waals surface area (Å²) in [5.41, 5.74) is 0.900. The zero-order valence-electron chi connectivity index (χ0n) is 14.2. The van der Waals surface area contributed by atoms with Crippen LogP contribution in [0.2, 0.25) is 0 Å². The molecule has 0 aliphatic heterocycles. The van der Waals surface area contributed by atoms with E-state index in [1.807, 2.05) is 0 Å². The smallest absolute Gasteiger partial charge is 0.245 e. The molecule has 2 rings (SSSR count). The largest absolute Gasteiger partial charge is 0.497 e. The van der Waals surface area contributed by atoms with Crippen molar-refractivity contribution in [1.82, 2.24) is 0 Å². The van der Waals surface area contributed by atoms with Gasteiger partial charge < -0.3 is 14.8 Å². The van der Waals surface area contributed by atoms with Gasteiger partial charge in [-0.05, 0) is 36.4 Å². The third-order valence-electron chi connectivity index (χ3n) is 3.40. The number of hydrogen-bond acceptors (Lipinski definition) is 5. The van der Waals surface area contributed by atoms with E-state index >= 15 is 0 Å². The van der Waals surface area contributed by atoms with Crippen LogP contribution in [0.1, 0.15) is 0 Å². The minimum atomic E-state index is -3.64. The molecule has 0 aliphatic rings. The van der Waals surface area contributed by atoms with Crippen LogP contribution >= 0.6 is 0 Å². The van der Waals surface area contributed by atoms with Crippen LogP contribution in [0.4, 0.5) is 11.4 Å². The summed E-state index contributed by atoms with van der Waals surface area (Å²) in [6.07, 6.45) is 1.05. The average Bonchev–Trinajstić information content (AvgIpc) is 2.59. The first kappa shape index (κ1) is 18.6. The number of sulfonamides is 1. The summed E-state index contributed by atoms with van der Waals surface area (Å²) in [6, 6.07) is 13.3. The molecule has 8 heteroatoms. The topological polar surface area (TPSA) is 84.9 Å². The standard InChI is InChI=1S/C17H20N2O5S/c1-23-15-9-7-13(8-10-15)18-17(20)12-19(25(3,21)22)14-5-4-6-16(11-14)24-2/h4-11H,12H2,1-3H3,(H,18,20). The molecule has 0 aromatic heterocycles. The molecular formula is C17H20N2O5S. The lowest BCUT2D eigenvalue weighted by Crippen LogP contribution is -2.37. The Morgan fingerprint density at radius 1 is 1.04 bits per heavy atom. The third-order valence-corrected chi connectivity index (χ3v) is 4.54. The summed E-state index contributed by atoms with van der Waals surface area (Å²) < 4.78 is 35.4. The summed E-state index contributed by atoms with van der Waals surface area (Å²) in [7, 11) is -0.610. The molecular weight excluding hydrogens is 344 g/mol. The maximum Gasteiger partial charge on any atom is 0.245 e. The van der Waals surface area contributed by atoms with E-state index in [4.69, 9.17) is 9.47 Å². The van der Waals surface area contributed by atoms with Gasteiger partial charge in [0.2, 0.25) is 15.9 Å². The average molecular weight is 364 g/mol. The predicted octanol–water partition coefficient (Wildman–Crippen LogP) is 2.11. The van der Waals surface area contributed by atoms with Gasteiger partial charge in [0.05, 0.1) is 26.2 Å². The molecule has 0 atom stereocenters. The van der Waals surface area contributed by atoms with E-state index in [0.29, 0.717) is 22.9 Å². The molecule has 134 valence electrons. The van der Waals surface area contributed by atoms with Crippen molar-refractivity contribution in [3.05, 3.63) is 48.5 Å². The fourth-order valence-corrected chi connectivity index (χ4v) is 3.02. The zero-order valence-corrected chi connectivity index (χ0v) is 15.0. The number of methoxy groups -OCH3 is 2. The van der Waals surface area contributed by atoms with Crippen LogP contribution in [0.25, 0.3) is 0 Å². The number of benzene rings is 2. The molecule has 0 saturated carbocycles. The van der Waals surface area contributed by atoms with Gasteiger partial charge in [-0.3, -0.25) is 9.10 Å². The molecule has 0 saturated heterocycles. The lowest BCUT2D eigenvalue weighted by molar-refractivity contribution is -0.114. The highest BCUT2D eigenvalue weighted by molar-refractivity contribution is 7.92. The van der Waals surface area contributed by atoms with Gasteiger partial charge in [-0.2, -0.15) is 0 Å². The van der Waals surface area contributed by atoms with Crippen LogP contribution in [0.15, 0.2) is 48.5 Å². The number of rotatable bonds is 7. The van der Waals surface area contributed by atoms with Crippen molar-refractivity contribution < 1.29 is 22.7 Å². The second kappa shape index (κ2) is 7.89. The van der Waals surface area contributed by atoms with Gasteiger partial charge in [0.15, 0.2) is 0 Å². The molecule has 2 aromatic rings. The Kier molecular flexibility index (Phi) is 5.87. The Balaban J connectivity index is 2.17. The molecule has 0 bridgehead atoms. The van der Waals surface area contributed by atoms with Crippen LogP contribution < -0.4 is 19.1 Å². The number of ether oxygens (including phenoxy) is 2. The van der Waals surface area contributed by atoms with E-state index in [9.17, 15) is 13.2 Å². The summed E-state index contributed by atoms with van der Waals surface area (Å²) in [5, 5.41) is 2.66. The Labute approximate surface area is 147 Å². The van der Waals surface area contributed by atoms with Gasteiger partial charge in [0.25, 0.3) is 0 Å². The Morgan fingerprint density at radius 2 is 1.68 bits per heavy atom. The van der Waals surface area contributed by atoms with Crippen molar-refractivity contribution in [2.24, 2.45) is 0 Å². The van der Waals surface area contributed by atoms with Crippen LogP contribution in [0.3, 0.4) is 0 Å². The van der Waals surface area contributed by atoms with E-state index in [-0.39, 0.29) is 6.54 Å². The van der Waals surface area contributed by atoms with Crippen LogP contribution in [0.5, 0.6) is 11.5 Å². The van der Waals surface area contributed by atoms with Gasteiger partial charge in [-0.1, -0.05) is 6.07 Å². The first-order chi connectivity index (χ1) is 11.8. The molecule has 0 spiro atoms. The molecule has 0 unspecified atom stereocenters. The molecule has 0 radical (unpaired) electrons. The fourth-order valence-electron chi connectivity index (χ4n) is 2.17. The van der Waals surface area contributed by atoms with Crippen molar-refractivity contribution in [2.45, 2.75) is 0 Å². The molecule has 0 heterocycles. The monoisotopic (exact) mass is 364 g/mol. The maximum atomic E-state index is 12.3. The highest BCUT2D eigenvalue weighted by Gasteiger charge is 2.21. The first-order valence-corrected chi connectivity index (χ1v) is 9.24. The Morgan fingerprint density at radius 3 is 2.24 bits per heavy atom. The molecule has 0 aliphatic carbocycles. The zero-order chi connectivity index (χ0) is 18.4. The van der Waals surface area contributed by atoms with Gasteiger partial charge in [0, 0.05) is 11.8 Å². The van der Waals surface area contributed by atoms with E-state index in [2.05, 4.69) is 5.32 Å². The highest BCUT2D eigenvalue weighted by Crippen LogP contribution is 2.23. The second-order valence-electron chi connectivity index (χ2n) is 5.25. The van der Waals surface area contributed by atoms with Gasteiger partial charge in [-0.15, -0.1) is 0 Å². The van der Waals surface area contributed by atoms with Gasteiger partial charge in [-0.25, -0.2) is 8.42 Å². The van der Waals surface area contributed by atoms with E-state index in [1.165, 1.54) is 7.11 Å². The van der Waals surface area contributed by atoms with E-state index in [1.54, 1.807) is 55.6 Å². The van der Waals surface area contributed by atoms with Crippen molar-refractivity contribution >= 4 is 27.3 Å². The maximum absolute atomic E-state index is 12.3. The van der Waals surface area contributed by atoms with Crippen molar-refractivity contribution in [2.75, 3.05) is 36.6 Å². The van der Waals surface area contributed by atoms with Crippen LogP contribution in [0, 0.1) is 0 Å². The van der Waals surface area contributed by atoms with Crippen molar-refractivity contribution in [3.8, 4) is 11.5 Å². The fraction of sp³-hybridized carbons (Fsp3) is 0.235. The van der Waals surface area contributed by atoms with Gasteiger partial charge >= 0.3 is 0 Å². The summed E-state index contributed by atoms with van der Waals surface area (Å²) in [5.74, 6) is 0.701. The van der Waals surface area contributed by atoms with Crippen molar-refractivity contribution in [1.29, 1.82) is 0 Å². The number of carbonyl (C=O) groups excluding carboxylic acids is 1. The molecule has 25 heavy (non-hydrogen) atoms. The highest BCUT2D eigenvalue weighted by atomic mass is 32.2. The molecule has 1 amide bonds. The number of hydrogen-bond donors (Lipinski definition) is 1. The predicted molar refractivity (Wildman–Crippen MR) is 96.8 cm³/mol. The lowest BCUT2D eigenvalue weighted by Gasteiger charge is -2.22. The van der Waals surface area contributed by atoms with E-state index in [0.717, 1.165) is 10.6 Å². The number of carbonyl (C=O) groups is 1. The number of nitrogens with one attached hydrogen (secondary N) is 1. The number of nitrogens with zero attached hydrogens (tertiary/aromatic N) is 1. The Bertz CT molecular complexity index is 834. The lowest BCUT2D eigenvalue weighted by atomic mass is 10.3. The minimum absolute atomic E-state index is 0.349. The minimum Gasteiger partial charge on any atom is -0.497 e. The SMILES string of the molecule is COc1ccc(NC(=O)CN(c2cccc(OC)c2)S(C)(=O)=O)cc1. The Hall–Kier alpha value is -2.74. The third kappa shape index (κ3) is 5.12. The summed E-state index contributed by atoms with van der Waals surface area (Å²) in [4.78, 5) is 12.3. The van der Waals surface area contributed by atoms with Crippen LogP contribution in [-0.2, 0) is 14.8 Å².